The second-order valence-corrected chi connectivity index (χ2v) is 2.72. The predicted octanol–water partition coefficient (Wildman–Crippen LogP) is 0.833. The van der Waals surface area contributed by atoms with Gasteiger partial charge in [-0.05, 0) is 34.0 Å². The van der Waals surface area contributed by atoms with E-state index in [-0.39, 0.29) is 6.47 Å². The molecule has 0 aromatic carbocycles. The van der Waals surface area contributed by atoms with E-state index in [1.807, 2.05) is 6.92 Å². The average molecular weight is 201 g/mol. The van der Waals surface area contributed by atoms with Gasteiger partial charge in [-0.1, -0.05) is 0 Å². The van der Waals surface area contributed by atoms with Gasteiger partial charge in [-0.2, -0.15) is 0 Å². The van der Waals surface area contributed by atoms with Gasteiger partial charge >= 0.3 is 0 Å². The van der Waals surface area contributed by atoms with E-state index in [2.05, 4.69) is 35.0 Å². The fourth-order valence-corrected chi connectivity index (χ4v) is 0.637. The molecule has 0 saturated carbocycles. The van der Waals surface area contributed by atoms with Crippen molar-refractivity contribution in [2.75, 3.05) is 33.7 Å². The molecule has 0 radical (unpaired) electrons. The molecule has 0 aliphatic carbocycles. The Labute approximate surface area is 85.2 Å². The Bertz CT molecular complexity index is 175. The van der Waals surface area contributed by atoms with Gasteiger partial charge in [0.1, 0.15) is 0 Å². The molecule has 0 spiro atoms. The number of nitrogens with zero attached hydrogens (tertiary/aromatic N) is 3. The minimum Gasteiger partial charge on any atom is -0.483 e. The van der Waals surface area contributed by atoms with Crippen LogP contribution in [0.25, 0.3) is 0 Å². The minimum absolute atomic E-state index is 0.250. The Kier molecular flexibility index (Phi) is 15.7. The van der Waals surface area contributed by atoms with Gasteiger partial charge in [0, 0.05) is 6.54 Å². The van der Waals surface area contributed by atoms with Crippen molar-refractivity contribution < 1.29 is 9.90 Å². The predicted molar refractivity (Wildman–Crippen MR) is 57.1 cm³/mol. The first-order valence-corrected chi connectivity index (χ1v) is 4.49. The summed E-state index contributed by atoms with van der Waals surface area (Å²) in [6.45, 7) is 4.42. The molecule has 0 unspecified atom stereocenters. The average Bonchev–Trinajstić information content (AvgIpc) is 2.12. The molecule has 0 aliphatic heterocycles. The molecule has 0 amide bonds. The summed E-state index contributed by atoms with van der Waals surface area (Å²) in [6, 6.07) is 2.64. The molecule has 0 saturated heterocycles. The van der Waals surface area contributed by atoms with Gasteiger partial charge in [-0.25, -0.2) is 9.98 Å². The number of rotatable bonds is 5. The lowest BCUT2D eigenvalue weighted by Crippen LogP contribution is -2.13. The van der Waals surface area contributed by atoms with Crippen LogP contribution in [0.3, 0.4) is 0 Å². The summed E-state index contributed by atoms with van der Waals surface area (Å²) in [5.41, 5.74) is 0. The third kappa shape index (κ3) is 22.4. The van der Waals surface area contributed by atoms with Gasteiger partial charge in [0.15, 0.2) is 0 Å². The highest BCUT2D eigenvalue weighted by Crippen LogP contribution is 1.82. The van der Waals surface area contributed by atoms with E-state index in [4.69, 9.17) is 9.90 Å². The Morgan fingerprint density at radius 3 is 2.43 bits per heavy atom. The number of hydrogen-bond donors (Lipinski definition) is 1. The fourth-order valence-electron chi connectivity index (χ4n) is 0.637. The normalized spacial score (nSPS) is 8.29. The summed E-state index contributed by atoms with van der Waals surface area (Å²) in [4.78, 5) is 18.4. The third-order valence-electron chi connectivity index (χ3n) is 1.17. The lowest BCUT2D eigenvalue weighted by atomic mass is 10.4. The van der Waals surface area contributed by atoms with Gasteiger partial charge in [0.05, 0.1) is 12.6 Å². The maximum Gasteiger partial charge on any atom is 0.290 e. The van der Waals surface area contributed by atoms with E-state index in [9.17, 15) is 0 Å². The Morgan fingerprint density at radius 2 is 2.00 bits per heavy atom. The number of carbonyl (C=O) groups is 1. The van der Waals surface area contributed by atoms with Crippen molar-refractivity contribution in [3.8, 4) is 0 Å². The second-order valence-electron chi connectivity index (χ2n) is 2.72. The fraction of sp³-hybridized carbons (Fsp3) is 0.778. The Morgan fingerprint density at radius 1 is 1.43 bits per heavy atom. The first kappa shape index (κ1) is 15.3. The van der Waals surface area contributed by atoms with Crippen LogP contribution in [-0.2, 0) is 4.79 Å². The number of hydrogen-bond acceptors (Lipinski definition) is 4. The lowest BCUT2D eigenvalue weighted by Gasteiger charge is -2.05. The SMILES string of the molecule is CCN=C=NCCCN(C)C.O=CO. The van der Waals surface area contributed by atoms with E-state index in [0.717, 1.165) is 26.1 Å². The maximum atomic E-state index is 8.36. The minimum atomic E-state index is -0.250. The van der Waals surface area contributed by atoms with E-state index in [0.29, 0.717) is 0 Å². The zero-order chi connectivity index (χ0) is 11.2. The molecule has 5 heteroatoms. The van der Waals surface area contributed by atoms with Crippen LogP contribution in [0, 0.1) is 0 Å². The van der Waals surface area contributed by atoms with Gasteiger partial charge in [0.2, 0.25) is 0 Å². The van der Waals surface area contributed by atoms with E-state index < -0.39 is 0 Å². The summed E-state index contributed by atoms with van der Waals surface area (Å²) in [6.07, 6.45) is 1.08. The first-order chi connectivity index (χ1) is 6.68. The van der Waals surface area contributed by atoms with Crippen LogP contribution in [0.15, 0.2) is 9.98 Å². The van der Waals surface area contributed by atoms with Crippen LogP contribution in [0.2, 0.25) is 0 Å². The standard InChI is InChI=1S/C8H17N3.CH2O2/c1-4-9-8-10-6-5-7-11(2)3;2-1-3/h4-7H2,1-3H3;1H,(H,2,3). The van der Waals surface area contributed by atoms with Gasteiger partial charge in [-0.3, -0.25) is 4.79 Å². The summed E-state index contributed by atoms with van der Waals surface area (Å²) in [5, 5.41) is 6.89. The van der Waals surface area contributed by atoms with Crippen LogP contribution < -0.4 is 0 Å². The van der Waals surface area contributed by atoms with Crippen molar-refractivity contribution in [2.24, 2.45) is 9.98 Å². The van der Waals surface area contributed by atoms with Crippen LogP contribution in [0.5, 0.6) is 0 Å². The highest BCUT2D eigenvalue weighted by atomic mass is 16.3. The van der Waals surface area contributed by atoms with Crippen molar-refractivity contribution in [2.45, 2.75) is 13.3 Å². The molecule has 0 aliphatic rings. The molecule has 0 heterocycles. The molecular formula is C9H19N3O2. The molecular weight excluding hydrogens is 182 g/mol. The summed E-state index contributed by atoms with van der Waals surface area (Å²) in [5.74, 6) is 0. The molecule has 1 N–H and O–H groups in total. The third-order valence-corrected chi connectivity index (χ3v) is 1.17. The topological polar surface area (TPSA) is 65.3 Å². The van der Waals surface area contributed by atoms with Crippen molar-refractivity contribution in [3.05, 3.63) is 0 Å². The van der Waals surface area contributed by atoms with E-state index in [1.165, 1.54) is 0 Å². The second kappa shape index (κ2) is 14.3. The van der Waals surface area contributed by atoms with Crippen LogP contribution in [-0.4, -0.2) is 56.2 Å². The molecule has 14 heavy (non-hydrogen) atoms. The molecule has 0 aromatic rings. The molecule has 5 nitrogen and oxygen atoms in total. The van der Waals surface area contributed by atoms with Gasteiger partial charge in [-0.15, -0.1) is 0 Å². The zero-order valence-electron chi connectivity index (χ0n) is 9.10. The highest BCUT2D eigenvalue weighted by Gasteiger charge is 1.86. The summed E-state index contributed by atoms with van der Waals surface area (Å²) in [7, 11) is 4.12. The monoisotopic (exact) mass is 201 g/mol. The quantitative estimate of drug-likeness (QED) is 0.407. The summed E-state index contributed by atoms with van der Waals surface area (Å²) >= 11 is 0. The molecule has 0 bridgehead atoms. The Hall–Kier alpha value is -1.19. The van der Waals surface area contributed by atoms with Crippen molar-refractivity contribution >= 4 is 12.5 Å². The first-order valence-electron chi connectivity index (χ1n) is 4.49. The molecule has 0 atom stereocenters. The molecule has 0 aromatic heterocycles. The smallest absolute Gasteiger partial charge is 0.290 e. The van der Waals surface area contributed by atoms with Crippen LogP contribution >= 0.6 is 0 Å². The van der Waals surface area contributed by atoms with Crippen molar-refractivity contribution in [1.29, 1.82) is 0 Å². The van der Waals surface area contributed by atoms with Crippen molar-refractivity contribution in [1.82, 2.24) is 4.90 Å². The van der Waals surface area contributed by atoms with Crippen LogP contribution in [0.1, 0.15) is 13.3 Å². The Balaban J connectivity index is 0. The highest BCUT2D eigenvalue weighted by molar-refractivity contribution is 5.40. The van der Waals surface area contributed by atoms with E-state index >= 15 is 0 Å². The summed E-state index contributed by atoms with van der Waals surface area (Å²) < 4.78 is 0. The largest absolute Gasteiger partial charge is 0.483 e. The van der Waals surface area contributed by atoms with Crippen molar-refractivity contribution in [3.63, 3.8) is 0 Å². The molecule has 82 valence electrons. The molecule has 0 rings (SSSR count). The number of aliphatic imine (C=N–C) groups is 2. The van der Waals surface area contributed by atoms with E-state index in [1.54, 1.807) is 0 Å². The number of carboxylic acid groups (broad SMARTS) is 1. The van der Waals surface area contributed by atoms with Crippen LogP contribution in [0.4, 0.5) is 0 Å². The maximum absolute atomic E-state index is 8.36. The van der Waals surface area contributed by atoms with Gasteiger partial charge in [0.25, 0.3) is 6.47 Å². The van der Waals surface area contributed by atoms with Gasteiger partial charge < -0.3 is 10.0 Å². The lowest BCUT2D eigenvalue weighted by molar-refractivity contribution is -0.122. The molecule has 0 fully saturated rings. The zero-order valence-corrected chi connectivity index (χ0v) is 9.10.